The van der Waals surface area contributed by atoms with Crippen LogP contribution in [-0.2, 0) is 0 Å². The van der Waals surface area contributed by atoms with E-state index in [0.717, 1.165) is 28.6 Å². The summed E-state index contributed by atoms with van der Waals surface area (Å²) in [5.41, 5.74) is 1.31. The van der Waals surface area contributed by atoms with Crippen LogP contribution >= 0.6 is 0 Å². The molecule has 0 unspecified atom stereocenters. The first-order valence-corrected chi connectivity index (χ1v) is 7.73. The van der Waals surface area contributed by atoms with E-state index < -0.39 is 23.1 Å². The minimum absolute atomic E-state index is 0.184. The van der Waals surface area contributed by atoms with Crippen LogP contribution < -0.4 is 10.6 Å². The molecule has 2 aromatic carbocycles. The summed E-state index contributed by atoms with van der Waals surface area (Å²) < 4.78 is 27.1. The zero-order valence-corrected chi connectivity index (χ0v) is 13.5. The second kappa shape index (κ2) is 7.21. The SMILES string of the molecule is Cc1ccc2ncnc(NCCNC(=O)c3c(F)cccc3F)c2c1. The van der Waals surface area contributed by atoms with Gasteiger partial charge in [-0.1, -0.05) is 17.7 Å². The smallest absolute Gasteiger partial charge is 0.257 e. The highest BCUT2D eigenvalue weighted by Crippen LogP contribution is 2.20. The molecular weight excluding hydrogens is 326 g/mol. The summed E-state index contributed by atoms with van der Waals surface area (Å²) in [7, 11) is 0. The fraction of sp³-hybridized carbons (Fsp3) is 0.167. The van der Waals surface area contributed by atoms with Crippen LogP contribution in [0.5, 0.6) is 0 Å². The van der Waals surface area contributed by atoms with Crippen molar-refractivity contribution in [3.63, 3.8) is 0 Å². The number of aryl methyl sites for hydroxylation is 1. The third-order valence-electron chi connectivity index (χ3n) is 3.68. The van der Waals surface area contributed by atoms with Crippen molar-refractivity contribution in [2.24, 2.45) is 0 Å². The number of carbonyl (C=O) groups is 1. The molecule has 5 nitrogen and oxygen atoms in total. The first kappa shape index (κ1) is 16.8. The van der Waals surface area contributed by atoms with Crippen molar-refractivity contribution in [2.45, 2.75) is 6.92 Å². The number of hydrogen-bond donors (Lipinski definition) is 2. The van der Waals surface area contributed by atoms with Gasteiger partial charge < -0.3 is 10.6 Å². The number of benzene rings is 2. The molecular formula is C18H16F2N4O. The summed E-state index contributed by atoms with van der Waals surface area (Å²) in [5, 5.41) is 6.45. The number of nitrogens with one attached hydrogen (secondary N) is 2. The molecule has 7 heteroatoms. The average Bonchev–Trinajstić information content (AvgIpc) is 2.58. The molecule has 25 heavy (non-hydrogen) atoms. The Hall–Kier alpha value is -3.09. The van der Waals surface area contributed by atoms with E-state index in [1.54, 1.807) is 0 Å². The summed E-state index contributed by atoms with van der Waals surface area (Å²) >= 11 is 0. The van der Waals surface area contributed by atoms with Crippen molar-refractivity contribution in [3.05, 3.63) is 65.5 Å². The molecule has 0 fully saturated rings. The van der Waals surface area contributed by atoms with Crippen molar-refractivity contribution in [1.29, 1.82) is 0 Å². The predicted octanol–water partition coefficient (Wildman–Crippen LogP) is 3.06. The maximum atomic E-state index is 13.6. The molecule has 0 saturated heterocycles. The molecule has 1 aromatic heterocycles. The Morgan fingerprint density at radius 1 is 1.08 bits per heavy atom. The molecule has 3 rings (SSSR count). The van der Waals surface area contributed by atoms with Gasteiger partial charge in [0.25, 0.3) is 5.91 Å². The van der Waals surface area contributed by atoms with Gasteiger partial charge in [-0.05, 0) is 31.2 Å². The third kappa shape index (κ3) is 3.71. The molecule has 0 aliphatic heterocycles. The second-order valence-corrected chi connectivity index (χ2v) is 5.52. The van der Waals surface area contributed by atoms with Crippen LogP contribution in [0.15, 0.2) is 42.7 Å². The summed E-state index contributed by atoms with van der Waals surface area (Å²) in [5.74, 6) is -1.92. The number of nitrogens with zero attached hydrogens (tertiary/aromatic N) is 2. The molecule has 0 bridgehead atoms. The molecule has 0 saturated carbocycles. The minimum Gasteiger partial charge on any atom is -0.368 e. The molecule has 1 heterocycles. The van der Waals surface area contributed by atoms with Gasteiger partial charge in [0.1, 0.15) is 29.3 Å². The van der Waals surface area contributed by atoms with E-state index in [-0.39, 0.29) is 6.54 Å². The number of fused-ring (bicyclic) bond motifs is 1. The van der Waals surface area contributed by atoms with Crippen LogP contribution in [0, 0.1) is 18.6 Å². The van der Waals surface area contributed by atoms with E-state index >= 15 is 0 Å². The van der Waals surface area contributed by atoms with E-state index in [1.807, 2.05) is 25.1 Å². The van der Waals surface area contributed by atoms with Crippen LogP contribution in [0.2, 0.25) is 0 Å². The number of carbonyl (C=O) groups excluding carboxylic acids is 1. The number of rotatable bonds is 5. The molecule has 3 aromatic rings. The predicted molar refractivity (Wildman–Crippen MR) is 91.5 cm³/mol. The molecule has 0 aliphatic rings. The molecule has 1 amide bonds. The van der Waals surface area contributed by atoms with Gasteiger partial charge in [-0.25, -0.2) is 18.7 Å². The van der Waals surface area contributed by atoms with Gasteiger partial charge in [-0.2, -0.15) is 0 Å². The number of hydrogen-bond acceptors (Lipinski definition) is 4. The van der Waals surface area contributed by atoms with Gasteiger partial charge in [0.2, 0.25) is 0 Å². The van der Waals surface area contributed by atoms with Gasteiger partial charge in [0, 0.05) is 18.5 Å². The Labute approximate surface area is 143 Å². The first-order chi connectivity index (χ1) is 12.1. The van der Waals surface area contributed by atoms with Gasteiger partial charge in [-0.3, -0.25) is 4.79 Å². The topological polar surface area (TPSA) is 66.9 Å². The van der Waals surface area contributed by atoms with Gasteiger partial charge >= 0.3 is 0 Å². The maximum Gasteiger partial charge on any atom is 0.257 e. The fourth-order valence-electron chi connectivity index (χ4n) is 2.47. The molecule has 0 aliphatic carbocycles. The average molecular weight is 342 g/mol. The highest BCUT2D eigenvalue weighted by atomic mass is 19.1. The van der Waals surface area contributed by atoms with Crippen molar-refractivity contribution in [1.82, 2.24) is 15.3 Å². The molecule has 2 N–H and O–H groups in total. The van der Waals surface area contributed by atoms with Crippen LogP contribution in [0.4, 0.5) is 14.6 Å². The molecule has 0 spiro atoms. The van der Waals surface area contributed by atoms with Crippen LogP contribution in [0.3, 0.4) is 0 Å². The van der Waals surface area contributed by atoms with Crippen molar-refractivity contribution >= 4 is 22.6 Å². The van der Waals surface area contributed by atoms with E-state index in [0.29, 0.717) is 12.4 Å². The quantitative estimate of drug-likeness (QED) is 0.700. The highest BCUT2D eigenvalue weighted by Gasteiger charge is 2.16. The van der Waals surface area contributed by atoms with Crippen LogP contribution in [0.25, 0.3) is 10.9 Å². The van der Waals surface area contributed by atoms with Crippen LogP contribution in [-0.4, -0.2) is 29.0 Å². The number of amides is 1. The van der Waals surface area contributed by atoms with Gasteiger partial charge in [0.15, 0.2) is 0 Å². The Morgan fingerprint density at radius 3 is 2.60 bits per heavy atom. The Balaban J connectivity index is 1.62. The van der Waals surface area contributed by atoms with Crippen LogP contribution in [0.1, 0.15) is 15.9 Å². The first-order valence-electron chi connectivity index (χ1n) is 7.73. The van der Waals surface area contributed by atoms with E-state index in [1.165, 1.54) is 12.4 Å². The summed E-state index contributed by atoms with van der Waals surface area (Å²) in [6.07, 6.45) is 1.45. The number of aromatic nitrogens is 2. The zero-order valence-electron chi connectivity index (χ0n) is 13.5. The Bertz CT molecular complexity index is 910. The lowest BCUT2D eigenvalue weighted by atomic mass is 10.1. The fourth-order valence-corrected chi connectivity index (χ4v) is 2.47. The second-order valence-electron chi connectivity index (χ2n) is 5.52. The lowest BCUT2D eigenvalue weighted by Crippen LogP contribution is -2.30. The van der Waals surface area contributed by atoms with Gasteiger partial charge in [-0.15, -0.1) is 0 Å². The van der Waals surface area contributed by atoms with E-state index in [4.69, 9.17) is 0 Å². The lowest BCUT2D eigenvalue weighted by Gasteiger charge is -2.10. The van der Waals surface area contributed by atoms with E-state index in [2.05, 4.69) is 20.6 Å². The monoisotopic (exact) mass is 342 g/mol. The Kier molecular flexibility index (Phi) is 4.83. The van der Waals surface area contributed by atoms with Crippen molar-refractivity contribution in [2.75, 3.05) is 18.4 Å². The largest absolute Gasteiger partial charge is 0.368 e. The molecule has 0 radical (unpaired) electrons. The number of halogens is 2. The minimum atomic E-state index is -0.886. The summed E-state index contributed by atoms with van der Waals surface area (Å²) in [6.45, 7) is 2.51. The molecule has 128 valence electrons. The third-order valence-corrected chi connectivity index (χ3v) is 3.68. The lowest BCUT2D eigenvalue weighted by molar-refractivity contribution is 0.0946. The highest BCUT2D eigenvalue weighted by molar-refractivity contribution is 5.94. The number of anilines is 1. The normalized spacial score (nSPS) is 10.7. The summed E-state index contributed by atoms with van der Waals surface area (Å²) in [4.78, 5) is 20.3. The van der Waals surface area contributed by atoms with Gasteiger partial charge in [0.05, 0.1) is 5.52 Å². The maximum absolute atomic E-state index is 13.6. The Morgan fingerprint density at radius 2 is 1.84 bits per heavy atom. The standard InChI is InChI=1S/C18H16F2N4O/c1-11-5-6-15-12(9-11)17(24-10-23-15)21-7-8-22-18(25)16-13(19)3-2-4-14(16)20/h2-6,9-10H,7-8H2,1H3,(H,22,25)(H,21,23,24). The molecule has 0 atom stereocenters. The van der Waals surface area contributed by atoms with Crippen molar-refractivity contribution in [3.8, 4) is 0 Å². The van der Waals surface area contributed by atoms with E-state index in [9.17, 15) is 13.6 Å². The summed E-state index contributed by atoms with van der Waals surface area (Å²) in [6, 6.07) is 9.13. The zero-order chi connectivity index (χ0) is 17.8. The van der Waals surface area contributed by atoms with Crippen molar-refractivity contribution < 1.29 is 13.6 Å².